The number of nitrogens with zero attached hydrogens (tertiary/aromatic N) is 3. The van der Waals surface area contributed by atoms with Crippen LogP contribution >= 0.6 is 0 Å². The molecule has 1 aromatic heterocycles. The number of aromatic carboxylic acids is 1. The molecule has 0 saturated heterocycles. The van der Waals surface area contributed by atoms with Crippen LogP contribution in [-0.4, -0.2) is 26.1 Å². The van der Waals surface area contributed by atoms with Crippen LogP contribution in [0, 0.1) is 5.82 Å². The maximum Gasteiger partial charge on any atom is 0.335 e. The third-order valence-electron chi connectivity index (χ3n) is 3.29. The number of hydrogen-bond donors (Lipinski definition) is 1. The Morgan fingerprint density at radius 3 is 2.67 bits per heavy atom. The molecule has 0 bridgehead atoms. The Labute approximate surface area is 119 Å². The van der Waals surface area contributed by atoms with Gasteiger partial charge in [-0.2, -0.15) is 0 Å². The number of rotatable bonds is 4. The van der Waals surface area contributed by atoms with Crippen molar-refractivity contribution in [3.05, 3.63) is 59.4 Å². The van der Waals surface area contributed by atoms with Crippen molar-refractivity contribution in [3.63, 3.8) is 0 Å². The van der Waals surface area contributed by atoms with E-state index < -0.39 is 5.97 Å². The van der Waals surface area contributed by atoms with Crippen LogP contribution in [0.3, 0.4) is 0 Å². The largest absolute Gasteiger partial charge is 0.478 e. The molecule has 1 N–H and O–H groups in total. The Bertz CT molecular complexity index is 796. The molecule has 5 nitrogen and oxygen atoms in total. The summed E-state index contributed by atoms with van der Waals surface area (Å²) in [5, 5.41) is 17.1. The third kappa shape index (κ3) is 2.74. The summed E-state index contributed by atoms with van der Waals surface area (Å²) < 4.78 is 14.5. The second-order valence-corrected chi connectivity index (χ2v) is 4.70. The van der Waals surface area contributed by atoms with Crippen LogP contribution in [0.4, 0.5) is 4.39 Å². The molecule has 0 atom stereocenters. The zero-order chi connectivity index (χ0) is 14.8. The molecule has 0 saturated carbocycles. The lowest BCUT2D eigenvalue weighted by atomic mass is 10.1. The number of benzene rings is 2. The molecule has 0 aliphatic carbocycles. The molecule has 6 heteroatoms. The molecule has 2 aromatic carbocycles. The number of carboxylic acids is 1. The average molecular weight is 285 g/mol. The van der Waals surface area contributed by atoms with Crippen LogP contribution in [0.2, 0.25) is 0 Å². The second-order valence-electron chi connectivity index (χ2n) is 4.70. The highest BCUT2D eigenvalue weighted by Gasteiger charge is 2.09. The molecular formula is C15H12FN3O2. The van der Waals surface area contributed by atoms with Crippen molar-refractivity contribution in [1.29, 1.82) is 0 Å². The highest BCUT2D eigenvalue weighted by molar-refractivity contribution is 5.92. The van der Waals surface area contributed by atoms with Gasteiger partial charge in [0.15, 0.2) is 0 Å². The van der Waals surface area contributed by atoms with E-state index in [0.717, 1.165) is 5.56 Å². The maximum atomic E-state index is 12.8. The van der Waals surface area contributed by atoms with Gasteiger partial charge in [-0.05, 0) is 42.3 Å². The van der Waals surface area contributed by atoms with Crippen LogP contribution in [0.1, 0.15) is 15.9 Å². The van der Waals surface area contributed by atoms with Gasteiger partial charge in [0, 0.05) is 6.54 Å². The molecule has 0 spiro atoms. The zero-order valence-electron chi connectivity index (χ0n) is 11.0. The smallest absolute Gasteiger partial charge is 0.335 e. The van der Waals surface area contributed by atoms with Gasteiger partial charge in [-0.15, -0.1) is 5.10 Å². The van der Waals surface area contributed by atoms with Gasteiger partial charge < -0.3 is 5.11 Å². The molecule has 3 rings (SSSR count). The van der Waals surface area contributed by atoms with Gasteiger partial charge in [0.25, 0.3) is 0 Å². The molecule has 0 fully saturated rings. The zero-order valence-corrected chi connectivity index (χ0v) is 11.0. The topological polar surface area (TPSA) is 68.0 Å². The number of fused-ring (bicyclic) bond motifs is 1. The number of hydrogen-bond acceptors (Lipinski definition) is 3. The van der Waals surface area contributed by atoms with E-state index in [1.54, 1.807) is 28.9 Å². The number of aryl methyl sites for hydroxylation is 2. The lowest BCUT2D eigenvalue weighted by Gasteiger charge is -2.03. The van der Waals surface area contributed by atoms with Gasteiger partial charge in [0.05, 0.1) is 11.1 Å². The molecule has 1 heterocycles. The van der Waals surface area contributed by atoms with Crippen LogP contribution in [0.15, 0.2) is 42.5 Å². The molecule has 0 unspecified atom stereocenters. The summed E-state index contributed by atoms with van der Waals surface area (Å²) in [6.45, 7) is 0.547. The summed E-state index contributed by atoms with van der Waals surface area (Å²) in [5.74, 6) is -1.25. The summed E-state index contributed by atoms with van der Waals surface area (Å²) in [7, 11) is 0. The van der Waals surface area contributed by atoms with E-state index in [9.17, 15) is 9.18 Å². The fourth-order valence-electron chi connectivity index (χ4n) is 2.15. The molecule has 106 valence electrons. The summed E-state index contributed by atoms with van der Waals surface area (Å²) in [4.78, 5) is 11.0. The first-order valence-corrected chi connectivity index (χ1v) is 6.44. The highest BCUT2D eigenvalue weighted by Crippen LogP contribution is 2.14. The normalized spacial score (nSPS) is 10.9. The molecular weight excluding hydrogens is 273 g/mol. The number of aromatic nitrogens is 3. The summed E-state index contributed by atoms with van der Waals surface area (Å²) >= 11 is 0. The third-order valence-corrected chi connectivity index (χ3v) is 3.29. The number of carbonyl (C=O) groups is 1. The Hall–Kier alpha value is -2.76. The first-order valence-electron chi connectivity index (χ1n) is 6.44. The van der Waals surface area contributed by atoms with Gasteiger partial charge >= 0.3 is 5.97 Å². The van der Waals surface area contributed by atoms with Gasteiger partial charge in [0.1, 0.15) is 11.3 Å². The van der Waals surface area contributed by atoms with E-state index in [1.807, 2.05) is 0 Å². The minimum Gasteiger partial charge on any atom is -0.478 e. The second kappa shape index (κ2) is 5.32. The fraction of sp³-hybridized carbons (Fsp3) is 0.133. The van der Waals surface area contributed by atoms with Gasteiger partial charge in [-0.25, -0.2) is 13.9 Å². The van der Waals surface area contributed by atoms with Gasteiger partial charge in [-0.1, -0.05) is 17.3 Å². The standard InChI is InChI=1S/C15H12FN3O2/c16-12-4-1-10(2-5-12)7-8-19-14-9-11(15(20)21)3-6-13(14)17-18-19/h1-6,9H,7-8H2,(H,20,21). The van der Waals surface area contributed by atoms with Crippen molar-refractivity contribution in [3.8, 4) is 0 Å². The Kier molecular flexibility index (Phi) is 3.35. The van der Waals surface area contributed by atoms with Crippen molar-refractivity contribution in [2.24, 2.45) is 0 Å². The van der Waals surface area contributed by atoms with Gasteiger partial charge in [-0.3, -0.25) is 0 Å². The summed E-state index contributed by atoms with van der Waals surface area (Å²) in [6.07, 6.45) is 0.663. The number of carboxylic acid groups (broad SMARTS) is 1. The van der Waals surface area contributed by atoms with E-state index in [2.05, 4.69) is 10.3 Å². The van der Waals surface area contributed by atoms with Gasteiger partial charge in [0.2, 0.25) is 0 Å². The molecule has 0 aliphatic rings. The van der Waals surface area contributed by atoms with Crippen molar-refractivity contribution in [2.75, 3.05) is 0 Å². The predicted octanol–water partition coefficient (Wildman–Crippen LogP) is 2.51. The monoisotopic (exact) mass is 285 g/mol. The van der Waals surface area contributed by atoms with Crippen molar-refractivity contribution >= 4 is 17.0 Å². The first-order chi connectivity index (χ1) is 10.1. The lowest BCUT2D eigenvalue weighted by molar-refractivity contribution is 0.0697. The highest BCUT2D eigenvalue weighted by atomic mass is 19.1. The molecule has 3 aromatic rings. The van der Waals surface area contributed by atoms with Crippen LogP contribution in [0.25, 0.3) is 11.0 Å². The molecule has 0 amide bonds. The Morgan fingerprint density at radius 2 is 1.95 bits per heavy atom. The summed E-state index contributed by atoms with van der Waals surface area (Å²) in [5.41, 5.74) is 2.51. The summed E-state index contributed by atoms with van der Waals surface area (Å²) in [6, 6.07) is 11.0. The maximum absolute atomic E-state index is 12.8. The van der Waals surface area contributed by atoms with Crippen LogP contribution < -0.4 is 0 Å². The van der Waals surface area contributed by atoms with Crippen molar-refractivity contribution in [1.82, 2.24) is 15.0 Å². The van der Waals surface area contributed by atoms with Crippen LogP contribution in [0.5, 0.6) is 0 Å². The quantitative estimate of drug-likeness (QED) is 0.799. The van der Waals surface area contributed by atoms with E-state index in [1.165, 1.54) is 18.2 Å². The molecule has 0 aliphatic heterocycles. The minimum atomic E-state index is -0.983. The van der Waals surface area contributed by atoms with Crippen molar-refractivity contribution < 1.29 is 14.3 Å². The predicted molar refractivity (Wildman–Crippen MR) is 74.6 cm³/mol. The fourth-order valence-corrected chi connectivity index (χ4v) is 2.15. The average Bonchev–Trinajstić information content (AvgIpc) is 2.89. The molecule has 0 radical (unpaired) electrons. The SMILES string of the molecule is O=C(O)c1ccc2nnn(CCc3ccc(F)cc3)c2c1. The molecule has 21 heavy (non-hydrogen) atoms. The van der Waals surface area contributed by atoms with E-state index in [0.29, 0.717) is 24.0 Å². The lowest BCUT2D eigenvalue weighted by Crippen LogP contribution is -2.04. The number of halogens is 1. The first kappa shape index (κ1) is 13.2. The Morgan fingerprint density at radius 1 is 1.19 bits per heavy atom. The van der Waals surface area contributed by atoms with Crippen molar-refractivity contribution in [2.45, 2.75) is 13.0 Å². The van der Waals surface area contributed by atoms with Crippen LogP contribution in [-0.2, 0) is 13.0 Å². The van der Waals surface area contributed by atoms with E-state index in [4.69, 9.17) is 5.11 Å². The van der Waals surface area contributed by atoms with E-state index in [-0.39, 0.29) is 11.4 Å². The van der Waals surface area contributed by atoms with E-state index >= 15 is 0 Å². The Balaban J connectivity index is 1.84. The minimum absolute atomic E-state index is 0.202.